The Morgan fingerprint density at radius 2 is 1.41 bits per heavy atom. The van der Waals surface area contributed by atoms with E-state index in [4.69, 9.17) is 0 Å². The molecule has 0 saturated carbocycles. The average Bonchev–Trinajstić information content (AvgIpc) is 2.84. The van der Waals surface area contributed by atoms with Crippen LogP contribution >= 0.6 is 0 Å². The number of sulfone groups is 1. The van der Waals surface area contributed by atoms with Crippen LogP contribution in [0.25, 0.3) is 0 Å². The lowest BCUT2D eigenvalue weighted by molar-refractivity contribution is 0.452. The maximum absolute atomic E-state index is 13.2. The van der Waals surface area contributed by atoms with E-state index in [9.17, 15) is 16.8 Å². The van der Waals surface area contributed by atoms with Crippen LogP contribution in [0.15, 0.2) is 112 Å². The SMILES string of the molecule is Cc1ccc(S(=O)(=O)N(CC#Cc2ccccc2)CCC=C=CS(=O)(=O)c2ccccc2)cc1. The summed E-state index contributed by atoms with van der Waals surface area (Å²) in [5.74, 6) is 5.91. The number of sulfonamides is 1. The molecule has 3 aromatic carbocycles. The molecule has 0 aliphatic heterocycles. The summed E-state index contributed by atoms with van der Waals surface area (Å²) in [6.07, 6.45) is 1.79. The highest BCUT2D eigenvalue weighted by atomic mass is 32.2. The predicted octanol–water partition coefficient (Wildman–Crippen LogP) is 4.57. The fraction of sp³-hybridized carbons (Fsp3) is 0.148. The summed E-state index contributed by atoms with van der Waals surface area (Å²) in [7, 11) is -7.38. The van der Waals surface area contributed by atoms with Crippen LogP contribution < -0.4 is 0 Å². The Bertz CT molecular complexity index is 1430. The Balaban J connectivity index is 1.77. The van der Waals surface area contributed by atoms with Crippen LogP contribution in [0.5, 0.6) is 0 Å². The highest BCUT2D eigenvalue weighted by molar-refractivity contribution is 7.94. The zero-order valence-corrected chi connectivity index (χ0v) is 20.4. The lowest BCUT2D eigenvalue weighted by Gasteiger charge is -2.19. The van der Waals surface area contributed by atoms with E-state index in [2.05, 4.69) is 17.6 Å². The van der Waals surface area contributed by atoms with Crippen molar-refractivity contribution in [2.75, 3.05) is 13.1 Å². The van der Waals surface area contributed by atoms with Gasteiger partial charge < -0.3 is 0 Å². The number of hydrogen-bond acceptors (Lipinski definition) is 4. The second-order valence-corrected chi connectivity index (χ2v) is 11.2. The van der Waals surface area contributed by atoms with Gasteiger partial charge in [0.05, 0.1) is 21.7 Å². The number of rotatable bonds is 8. The van der Waals surface area contributed by atoms with Gasteiger partial charge in [-0.2, -0.15) is 4.31 Å². The Morgan fingerprint density at radius 3 is 2.06 bits per heavy atom. The second-order valence-electron chi connectivity index (χ2n) is 7.45. The van der Waals surface area contributed by atoms with Gasteiger partial charge in [0.2, 0.25) is 19.9 Å². The molecule has 0 heterocycles. The molecule has 5 nitrogen and oxygen atoms in total. The van der Waals surface area contributed by atoms with Crippen molar-refractivity contribution in [1.82, 2.24) is 4.31 Å². The van der Waals surface area contributed by atoms with Gasteiger partial charge in [-0.3, -0.25) is 0 Å². The van der Waals surface area contributed by atoms with Gasteiger partial charge in [0.25, 0.3) is 0 Å². The zero-order valence-electron chi connectivity index (χ0n) is 18.8. The summed E-state index contributed by atoms with van der Waals surface area (Å²) < 4.78 is 52.3. The third kappa shape index (κ3) is 7.05. The van der Waals surface area contributed by atoms with E-state index in [1.165, 1.54) is 22.5 Å². The summed E-state index contributed by atoms with van der Waals surface area (Å²) in [6, 6.07) is 24.0. The fourth-order valence-electron chi connectivity index (χ4n) is 3.00. The summed E-state index contributed by atoms with van der Waals surface area (Å²) in [6.45, 7) is 2.02. The molecule has 0 spiro atoms. The third-order valence-electron chi connectivity index (χ3n) is 4.86. The van der Waals surface area contributed by atoms with Crippen LogP contribution in [-0.2, 0) is 19.9 Å². The van der Waals surface area contributed by atoms with Crippen molar-refractivity contribution >= 4 is 19.9 Å². The van der Waals surface area contributed by atoms with Crippen molar-refractivity contribution < 1.29 is 16.8 Å². The topological polar surface area (TPSA) is 71.5 Å². The van der Waals surface area contributed by atoms with E-state index in [1.807, 2.05) is 37.3 Å². The predicted molar refractivity (Wildman–Crippen MR) is 134 cm³/mol. The first-order chi connectivity index (χ1) is 16.3. The minimum atomic E-state index is -3.78. The molecule has 0 N–H and O–H groups in total. The molecule has 0 atom stereocenters. The van der Waals surface area contributed by atoms with Gasteiger partial charge >= 0.3 is 0 Å². The van der Waals surface area contributed by atoms with Crippen molar-refractivity contribution in [2.45, 2.75) is 23.1 Å². The maximum Gasteiger partial charge on any atom is 0.243 e. The monoisotopic (exact) mass is 491 g/mol. The summed E-state index contributed by atoms with van der Waals surface area (Å²) in [5, 5.41) is 0.996. The first-order valence-electron chi connectivity index (χ1n) is 10.6. The molecular weight excluding hydrogens is 466 g/mol. The first kappa shape index (κ1) is 25.2. The Kier molecular flexibility index (Phi) is 8.64. The molecule has 0 bridgehead atoms. The smallest absolute Gasteiger partial charge is 0.218 e. The lowest BCUT2D eigenvalue weighted by atomic mass is 10.2. The van der Waals surface area contributed by atoms with Crippen LogP contribution in [0.2, 0.25) is 0 Å². The average molecular weight is 492 g/mol. The molecule has 0 aliphatic carbocycles. The fourth-order valence-corrected chi connectivity index (χ4v) is 5.31. The van der Waals surface area contributed by atoms with Crippen molar-refractivity contribution in [1.29, 1.82) is 0 Å². The number of benzene rings is 3. The highest BCUT2D eigenvalue weighted by Gasteiger charge is 2.23. The minimum absolute atomic E-state index is 0.00493. The van der Waals surface area contributed by atoms with Gasteiger partial charge in [-0.25, -0.2) is 16.8 Å². The first-order valence-corrected chi connectivity index (χ1v) is 13.6. The van der Waals surface area contributed by atoms with Gasteiger partial charge in [0, 0.05) is 12.1 Å². The molecule has 3 rings (SSSR count). The molecule has 3 aromatic rings. The highest BCUT2D eigenvalue weighted by Crippen LogP contribution is 2.17. The van der Waals surface area contributed by atoms with E-state index < -0.39 is 19.9 Å². The van der Waals surface area contributed by atoms with Gasteiger partial charge in [0.15, 0.2) is 0 Å². The molecule has 0 radical (unpaired) electrons. The van der Waals surface area contributed by atoms with Crippen LogP contribution in [0, 0.1) is 18.8 Å². The summed E-state index contributed by atoms with van der Waals surface area (Å²) in [4.78, 5) is 0.362. The largest absolute Gasteiger partial charge is 0.243 e. The van der Waals surface area contributed by atoms with Crippen molar-refractivity contribution in [3.63, 3.8) is 0 Å². The Morgan fingerprint density at radius 1 is 0.794 bits per heavy atom. The van der Waals surface area contributed by atoms with Gasteiger partial charge in [-0.1, -0.05) is 65.9 Å². The van der Waals surface area contributed by atoms with Crippen LogP contribution in [-0.4, -0.2) is 34.2 Å². The standard InChI is InChI=1S/C27H25NO4S2/c1-24-17-19-27(20-18-24)34(31,32)28(22-11-14-25-12-5-2-6-13-25)21-9-4-10-23-33(29,30)26-15-7-3-8-16-26/h2-8,12-13,15-20,23H,9,21-22H2,1H3. The third-order valence-corrected chi connectivity index (χ3v) is 8.09. The van der Waals surface area contributed by atoms with E-state index in [0.29, 0.717) is 0 Å². The molecule has 0 saturated heterocycles. The van der Waals surface area contributed by atoms with E-state index >= 15 is 0 Å². The van der Waals surface area contributed by atoms with E-state index in [1.54, 1.807) is 42.5 Å². The molecule has 174 valence electrons. The number of aryl methyl sites for hydroxylation is 1. The zero-order chi connectivity index (χ0) is 24.4. The summed E-state index contributed by atoms with van der Waals surface area (Å²) >= 11 is 0. The minimum Gasteiger partial charge on any atom is -0.218 e. The lowest BCUT2D eigenvalue weighted by Crippen LogP contribution is -2.32. The van der Waals surface area contributed by atoms with Gasteiger partial charge in [-0.15, -0.1) is 5.73 Å². The van der Waals surface area contributed by atoms with Crippen LogP contribution in [0.1, 0.15) is 17.5 Å². The molecule has 0 aliphatic rings. The number of nitrogens with zero attached hydrogens (tertiary/aromatic N) is 1. The molecular formula is C27H25NO4S2. The Hall–Kier alpha value is -3.40. The molecule has 0 fully saturated rings. The van der Waals surface area contributed by atoms with E-state index in [-0.39, 0.29) is 29.3 Å². The Labute approximate surface area is 202 Å². The van der Waals surface area contributed by atoms with Crippen LogP contribution in [0.3, 0.4) is 0 Å². The molecule has 0 aromatic heterocycles. The van der Waals surface area contributed by atoms with Gasteiger partial charge in [-0.05, 0) is 55.8 Å². The second kappa shape index (κ2) is 11.6. The number of hydrogen-bond donors (Lipinski definition) is 0. The molecule has 0 unspecified atom stereocenters. The van der Waals surface area contributed by atoms with Crippen molar-refractivity contribution in [2.24, 2.45) is 0 Å². The normalized spacial score (nSPS) is 11.2. The quantitative estimate of drug-likeness (QED) is 0.342. The van der Waals surface area contributed by atoms with Crippen molar-refractivity contribution in [3.8, 4) is 11.8 Å². The molecule has 34 heavy (non-hydrogen) atoms. The summed E-state index contributed by atoms with van der Waals surface area (Å²) in [5.41, 5.74) is 4.42. The van der Waals surface area contributed by atoms with Gasteiger partial charge in [0.1, 0.15) is 0 Å². The molecule has 0 amide bonds. The van der Waals surface area contributed by atoms with Crippen LogP contribution in [0.4, 0.5) is 0 Å². The van der Waals surface area contributed by atoms with Crippen molar-refractivity contribution in [3.05, 3.63) is 113 Å². The maximum atomic E-state index is 13.2. The van der Waals surface area contributed by atoms with E-state index in [0.717, 1.165) is 16.5 Å². The molecule has 7 heteroatoms.